The summed E-state index contributed by atoms with van der Waals surface area (Å²) in [6.07, 6.45) is 7.23. The van der Waals surface area contributed by atoms with Crippen molar-refractivity contribution in [3.63, 3.8) is 0 Å². The van der Waals surface area contributed by atoms with Gasteiger partial charge < -0.3 is 10.2 Å². The molecular weight excluding hydrogens is 176 g/mol. The molecule has 2 rings (SSSR count). The van der Waals surface area contributed by atoms with Gasteiger partial charge in [-0.15, -0.1) is 0 Å². The summed E-state index contributed by atoms with van der Waals surface area (Å²) in [6.45, 7) is 3.11. The fraction of sp³-hybridized carbons (Fsp3) is 0.909. The van der Waals surface area contributed by atoms with Crippen molar-refractivity contribution in [3.8, 4) is 0 Å². The van der Waals surface area contributed by atoms with E-state index in [1.54, 1.807) is 0 Å². The van der Waals surface area contributed by atoms with E-state index in [1.165, 1.54) is 32.1 Å². The van der Waals surface area contributed by atoms with Gasteiger partial charge in [0.15, 0.2) is 0 Å². The highest BCUT2D eigenvalue weighted by molar-refractivity contribution is 5.75. The maximum absolute atomic E-state index is 11.8. The lowest BCUT2D eigenvalue weighted by Crippen LogP contribution is -2.45. The number of nitrogens with zero attached hydrogens (tertiary/aromatic N) is 1. The molecule has 80 valence electrons. The molecule has 0 spiro atoms. The van der Waals surface area contributed by atoms with Crippen LogP contribution in [0.2, 0.25) is 0 Å². The van der Waals surface area contributed by atoms with Crippen LogP contribution in [0.3, 0.4) is 0 Å². The molecule has 1 N–H and O–H groups in total. The van der Waals surface area contributed by atoms with Crippen molar-refractivity contribution in [1.82, 2.24) is 10.2 Å². The van der Waals surface area contributed by atoms with Crippen LogP contribution in [0.4, 0.5) is 4.79 Å². The van der Waals surface area contributed by atoms with E-state index in [0.29, 0.717) is 12.1 Å². The predicted octanol–water partition coefficient (Wildman–Crippen LogP) is 2.12. The third-order valence-corrected chi connectivity index (χ3v) is 3.22. The molecule has 3 nitrogen and oxygen atoms in total. The Kier molecular flexibility index (Phi) is 2.94. The van der Waals surface area contributed by atoms with Gasteiger partial charge in [0.05, 0.1) is 0 Å². The molecule has 0 radical (unpaired) electrons. The second kappa shape index (κ2) is 4.20. The van der Waals surface area contributed by atoms with Crippen LogP contribution in [0.15, 0.2) is 0 Å². The molecule has 3 heteroatoms. The molecule has 1 aliphatic heterocycles. The molecule has 2 aliphatic rings. The third-order valence-electron chi connectivity index (χ3n) is 3.22. The van der Waals surface area contributed by atoms with E-state index in [4.69, 9.17) is 0 Å². The van der Waals surface area contributed by atoms with E-state index < -0.39 is 0 Å². The van der Waals surface area contributed by atoms with Gasteiger partial charge in [0.25, 0.3) is 0 Å². The molecule has 1 saturated heterocycles. The summed E-state index contributed by atoms with van der Waals surface area (Å²) in [4.78, 5) is 13.8. The summed E-state index contributed by atoms with van der Waals surface area (Å²) in [5, 5.41) is 3.07. The second-order valence-corrected chi connectivity index (χ2v) is 4.62. The molecule has 1 heterocycles. The molecule has 1 atom stereocenters. The van der Waals surface area contributed by atoms with E-state index >= 15 is 0 Å². The molecule has 1 unspecified atom stereocenters. The van der Waals surface area contributed by atoms with Crippen LogP contribution in [0, 0.1) is 0 Å². The Hall–Kier alpha value is -0.730. The van der Waals surface area contributed by atoms with Crippen LogP contribution in [-0.4, -0.2) is 29.6 Å². The number of likely N-dealkylation sites (tertiary alicyclic amines) is 1. The predicted molar refractivity (Wildman–Crippen MR) is 56.2 cm³/mol. The Morgan fingerprint density at radius 2 is 2.00 bits per heavy atom. The van der Waals surface area contributed by atoms with Crippen LogP contribution in [-0.2, 0) is 0 Å². The Bertz CT molecular complexity index is 213. The van der Waals surface area contributed by atoms with Crippen LogP contribution >= 0.6 is 0 Å². The molecule has 1 aliphatic carbocycles. The van der Waals surface area contributed by atoms with Gasteiger partial charge in [0, 0.05) is 18.6 Å². The van der Waals surface area contributed by atoms with Crippen molar-refractivity contribution in [2.75, 3.05) is 6.54 Å². The average Bonchev–Trinajstić information content (AvgIpc) is 2.93. The monoisotopic (exact) mass is 196 g/mol. The van der Waals surface area contributed by atoms with Gasteiger partial charge in [-0.25, -0.2) is 4.79 Å². The van der Waals surface area contributed by atoms with Crippen molar-refractivity contribution < 1.29 is 4.79 Å². The van der Waals surface area contributed by atoms with Crippen LogP contribution in [0.1, 0.15) is 45.4 Å². The molecule has 0 bridgehead atoms. The maximum Gasteiger partial charge on any atom is 0.317 e. The number of hydrogen-bond acceptors (Lipinski definition) is 1. The third kappa shape index (κ3) is 2.40. The van der Waals surface area contributed by atoms with E-state index in [2.05, 4.69) is 12.2 Å². The summed E-state index contributed by atoms with van der Waals surface area (Å²) in [5.41, 5.74) is 0. The Morgan fingerprint density at radius 3 is 2.71 bits per heavy atom. The largest absolute Gasteiger partial charge is 0.335 e. The zero-order valence-corrected chi connectivity index (χ0v) is 8.96. The molecular formula is C11H20N2O. The van der Waals surface area contributed by atoms with Crippen molar-refractivity contribution in [2.24, 2.45) is 0 Å². The summed E-state index contributed by atoms with van der Waals surface area (Å²) >= 11 is 0. The first kappa shape index (κ1) is 9.81. The number of rotatable bonds is 1. The van der Waals surface area contributed by atoms with Crippen molar-refractivity contribution >= 4 is 6.03 Å². The Morgan fingerprint density at radius 1 is 1.21 bits per heavy atom. The quantitative estimate of drug-likeness (QED) is 0.684. The van der Waals surface area contributed by atoms with Crippen molar-refractivity contribution in [3.05, 3.63) is 0 Å². The molecule has 0 aromatic carbocycles. The summed E-state index contributed by atoms with van der Waals surface area (Å²) in [5.74, 6) is 0. The van der Waals surface area contributed by atoms with E-state index in [0.717, 1.165) is 13.0 Å². The fourth-order valence-corrected chi connectivity index (χ4v) is 2.06. The number of urea groups is 1. The normalized spacial score (nSPS) is 28.4. The van der Waals surface area contributed by atoms with Gasteiger partial charge in [-0.2, -0.15) is 0 Å². The SMILES string of the molecule is CC1CCCCCN1C(=O)NC1CC1. The van der Waals surface area contributed by atoms with Gasteiger partial charge in [-0.1, -0.05) is 12.8 Å². The van der Waals surface area contributed by atoms with Crippen LogP contribution in [0.5, 0.6) is 0 Å². The molecule has 0 aromatic rings. The van der Waals surface area contributed by atoms with Crippen molar-refractivity contribution in [2.45, 2.75) is 57.5 Å². The van der Waals surface area contributed by atoms with Gasteiger partial charge in [-0.05, 0) is 32.6 Å². The zero-order chi connectivity index (χ0) is 9.97. The standard InChI is InChI=1S/C11H20N2O/c1-9-5-3-2-4-8-13(9)11(14)12-10-6-7-10/h9-10H,2-8H2,1H3,(H,12,14). The smallest absolute Gasteiger partial charge is 0.317 e. The van der Waals surface area contributed by atoms with Gasteiger partial charge in [0.2, 0.25) is 0 Å². The molecule has 0 aromatic heterocycles. The Balaban J connectivity index is 1.87. The number of carbonyl (C=O) groups excluding carboxylic acids is 1. The lowest BCUT2D eigenvalue weighted by molar-refractivity contribution is 0.180. The lowest BCUT2D eigenvalue weighted by Gasteiger charge is -2.27. The minimum Gasteiger partial charge on any atom is -0.335 e. The number of nitrogens with one attached hydrogen (secondary N) is 1. The highest BCUT2D eigenvalue weighted by Gasteiger charge is 2.28. The molecule has 14 heavy (non-hydrogen) atoms. The topological polar surface area (TPSA) is 32.3 Å². The average molecular weight is 196 g/mol. The number of hydrogen-bond donors (Lipinski definition) is 1. The summed E-state index contributed by atoms with van der Waals surface area (Å²) < 4.78 is 0. The van der Waals surface area contributed by atoms with Crippen LogP contribution in [0.25, 0.3) is 0 Å². The first-order valence-electron chi connectivity index (χ1n) is 5.84. The minimum atomic E-state index is 0.168. The van der Waals surface area contributed by atoms with Gasteiger partial charge >= 0.3 is 6.03 Å². The van der Waals surface area contributed by atoms with E-state index in [-0.39, 0.29) is 6.03 Å². The summed E-state index contributed by atoms with van der Waals surface area (Å²) in [7, 11) is 0. The highest BCUT2D eigenvalue weighted by Crippen LogP contribution is 2.21. The molecule has 1 saturated carbocycles. The zero-order valence-electron chi connectivity index (χ0n) is 8.96. The first-order valence-corrected chi connectivity index (χ1v) is 5.84. The summed E-state index contributed by atoms with van der Waals surface area (Å²) in [6, 6.07) is 1.08. The number of carbonyl (C=O) groups is 1. The van der Waals surface area contributed by atoms with Crippen molar-refractivity contribution in [1.29, 1.82) is 0 Å². The lowest BCUT2D eigenvalue weighted by atomic mass is 10.1. The first-order chi connectivity index (χ1) is 6.77. The van der Waals surface area contributed by atoms with E-state index in [1.807, 2.05) is 4.90 Å². The van der Waals surface area contributed by atoms with E-state index in [9.17, 15) is 4.79 Å². The molecule has 2 amide bonds. The van der Waals surface area contributed by atoms with Crippen LogP contribution < -0.4 is 5.32 Å². The minimum absolute atomic E-state index is 0.168. The second-order valence-electron chi connectivity index (χ2n) is 4.62. The molecule has 2 fully saturated rings. The number of amides is 2. The van der Waals surface area contributed by atoms with Gasteiger partial charge in [-0.3, -0.25) is 0 Å². The Labute approximate surface area is 85.8 Å². The van der Waals surface area contributed by atoms with Gasteiger partial charge in [0.1, 0.15) is 0 Å². The fourth-order valence-electron chi connectivity index (χ4n) is 2.06. The maximum atomic E-state index is 11.8. The highest BCUT2D eigenvalue weighted by atomic mass is 16.2.